The highest BCUT2D eigenvalue weighted by molar-refractivity contribution is 7.13. The van der Waals surface area contributed by atoms with Gasteiger partial charge < -0.3 is 9.84 Å². The van der Waals surface area contributed by atoms with E-state index in [9.17, 15) is 18.0 Å². The fourth-order valence-electron chi connectivity index (χ4n) is 1.89. The third-order valence-electron chi connectivity index (χ3n) is 3.10. The zero-order chi connectivity index (χ0) is 17.2. The lowest BCUT2D eigenvalue weighted by atomic mass is 10.1. The van der Waals surface area contributed by atoms with Crippen molar-refractivity contribution < 1.29 is 22.5 Å². The topological polar surface area (TPSA) is 68.0 Å². The number of hydrogen-bond acceptors (Lipinski definition) is 5. The number of rotatable bonds is 4. The molecule has 124 valence electrons. The van der Waals surface area contributed by atoms with E-state index in [1.807, 2.05) is 11.4 Å². The molecule has 2 heterocycles. The van der Waals surface area contributed by atoms with Gasteiger partial charge in [0.05, 0.1) is 10.4 Å². The summed E-state index contributed by atoms with van der Waals surface area (Å²) in [7, 11) is 0. The highest BCUT2D eigenvalue weighted by atomic mass is 32.1. The molecule has 1 aromatic carbocycles. The first-order valence-electron chi connectivity index (χ1n) is 6.75. The lowest BCUT2D eigenvalue weighted by Crippen LogP contribution is -2.23. The zero-order valence-electron chi connectivity index (χ0n) is 12.0. The van der Waals surface area contributed by atoms with Crippen LogP contribution in [0.1, 0.15) is 21.8 Å². The molecule has 3 rings (SSSR count). The summed E-state index contributed by atoms with van der Waals surface area (Å²) in [5.74, 6) is -0.486. The summed E-state index contributed by atoms with van der Waals surface area (Å²) >= 11 is 1.41. The molecule has 0 fully saturated rings. The van der Waals surface area contributed by atoms with Crippen LogP contribution in [0, 0.1) is 0 Å². The van der Waals surface area contributed by atoms with Crippen LogP contribution in [-0.4, -0.2) is 16.0 Å². The van der Waals surface area contributed by atoms with Gasteiger partial charge in [-0.25, -0.2) is 0 Å². The van der Waals surface area contributed by atoms with Gasteiger partial charge in [0.15, 0.2) is 0 Å². The molecule has 3 aromatic rings. The molecule has 0 aliphatic carbocycles. The van der Waals surface area contributed by atoms with Gasteiger partial charge in [0.25, 0.3) is 0 Å². The lowest BCUT2D eigenvalue weighted by molar-refractivity contribution is -0.137. The van der Waals surface area contributed by atoms with Crippen LogP contribution >= 0.6 is 11.3 Å². The molecule has 0 saturated heterocycles. The van der Waals surface area contributed by atoms with Crippen molar-refractivity contribution in [3.05, 3.63) is 58.8 Å². The molecule has 24 heavy (non-hydrogen) atoms. The molecule has 0 aliphatic heterocycles. The first-order valence-corrected chi connectivity index (χ1v) is 7.63. The number of alkyl halides is 3. The number of amides is 1. The van der Waals surface area contributed by atoms with Gasteiger partial charge in [-0.15, -0.1) is 11.3 Å². The van der Waals surface area contributed by atoms with E-state index in [-0.39, 0.29) is 12.4 Å². The highest BCUT2D eigenvalue weighted by Crippen LogP contribution is 2.29. The van der Waals surface area contributed by atoms with Crippen molar-refractivity contribution >= 4 is 17.2 Å². The summed E-state index contributed by atoms with van der Waals surface area (Å²) < 4.78 is 42.3. The maximum atomic E-state index is 12.5. The number of hydrogen-bond donors (Lipinski definition) is 1. The molecule has 0 aliphatic rings. The van der Waals surface area contributed by atoms with Gasteiger partial charge in [-0.3, -0.25) is 4.79 Å². The fourth-order valence-corrected chi connectivity index (χ4v) is 2.54. The number of aromatic nitrogens is 2. The largest absolute Gasteiger partial charge is 0.416 e. The van der Waals surface area contributed by atoms with Crippen LogP contribution in [0.25, 0.3) is 10.7 Å². The average molecular weight is 353 g/mol. The van der Waals surface area contributed by atoms with E-state index in [0.29, 0.717) is 11.4 Å². The Bertz CT molecular complexity index is 827. The summed E-state index contributed by atoms with van der Waals surface area (Å²) in [6.07, 6.45) is -4.39. The minimum atomic E-state index is -4.39. The second-order valence-corrected chi connectivity index (χ2v) is 5.73. The standard InChI is InChI=1S/C15H10F3N3O2S/c16-15(17,18)10-5-3-9(4-6-10)8-19-13(22)14-20-12(21-23-14)11-2-1-7-24-11/h1-7H,8H2,(H,19,22). The normalized spacial score (nSPS) is 11.5. The van der Waals surface area contributed by atoms with E-state index in [0.717, 1.165) is 17.0 Å². The minimum Gasteiger partial charge on any atom is -0.344 e. The number of nitrogens with one attached hydrogen (secondary N) is 1. The van der Waals surface area contributed by atoms with Crippen LogP contribution in [0.15, 0.2) is 46.3 Å². The molecule has 0 spiro atoms. The fraction of sp³-hybridized carbons (Fsp3) is 0.133. The van der Waals surface area contributed by atoms with Crippen molar-refractivity contribution in [2.75, 3.05) is 0 Å². The van der Waals surface area contributed by atoms with Crippen LogP contribution in [0.4, 0.5) is 13.2 Å². The number of nitrogens with zero attached hydrogens (tertiary/aromatic N) is 2. The van der Waals surface area contributed by atoms with Crippen LogP contribution in [-0.2, 0) is 12.7 Å². The van der Waals surface area contributed by atoms with Gasteiger partial charge in [0, 0.05) is 6.54 Å². The molecule has 9 heteroatoms. The molecule has 1 amide bonds. The van der Waals surface area contributed by atoms with Crippen molar-refractivity contribution in [1.82, 2.24) is 15.5 Å². The van der Waals surface area contributed by atoms with Gasteiger partial charge >= 0.3 is 18.0 Å². The lowest BCUT2D eigenvalue weighted by Gasteiger charge is -2.07. The summed E-state index contributed by atoms with van der Waals surface area (Å²) in [5, 5.41) is 8.07. The highest BCUT2D eigenvalue weighted by Gasteiger charge is 2.29. The van der Waals surface area contributed by atoms with Gasteiger partial charge in [0.1, 0.15) is 0 Å². The third-order valence-corrected chi connectivity index (χ3v) is 3.96. The summed E-state index contributed by atoms with van der Waals surface area (Å²) in [6, 6.07) is 8.13. The Morgan fingerprint density at radius 2 is 1.96 bits per heavy atom. The van der Waals surface area contributed by atoms with E-state index in [1.54, 1.807) is 6.07 Å². The van der Waals surface area contributed by atoms with E-state index in [4.69, 9.17) is 4.52 Å². The predicted octanol–water partition coefficient (Wildman–Crippen LogP) is 3.75. The molecular formula is C15H10F3N3O2S. The SMILES string of the molecule is O=C(NCc1ccc(C(F)(F)F)cc1)c1nc(-c2cccs2)no1. The Morgan fingerprint density at radius 3 is 2.58 bits per heavy atom. The van der Waals surface area contributed by atoms with Gasteiger partial charge in [-0.1, -0.05) is 23.4 Å². The Kier molecular flexibility index (Phi) is 4.34. The van der Waals surface area contributed by atoms with Crippen LogP contribution < -0.4 is 5.32 Å². The molecule has 0 radical (unpaired) electrons. The first kappa shape index (κ1) is 16.2. The van der Waals surface area contributed by atoms with Crippen LogP contribution in [0.2, 0.25) is 0 Å². The van der Waals surface area contributed by atoms with Gasteiger partial charge in [-0.2, -0.15) is 18.2 Å². The minimum absolute atomic E-state index is 0.0493. The number of carbonyl (C=O) groups is 1. The van der Waals surface area contributed by atoms with Crippen LogP contribution in [0.3, 0.4) is 0 Å². The second kappa shape index (κ2) is 6.44. The number of benzene rings is 1. The van der Waals surface area contributed by atoms with Crippen molar-refractivity contribution in [1.29, 1.82) is 0 Å². The van der Waals surface area contributed by atoms with Crippen molar-refractivity contribution in [2.45, 2.75) is 12.7 Å². The van der Waals surface area contributed by atoms with Crippen molar-refractivity contribution in [3.8, 4) is 10.7 Å². The Balaban J connectivity index is 1.61. The Labute approximate surface area is 138 Å². The Morgan fingerprint density at radius 1 is 1.21 bits per heavy atom. The van der Waals surface area contributed by atoms with Crippen molar-refractivity contribution in [3.63, 3.8) is 0 Å². The number of carbonyl (C=O) groups excluding carboxylic acids is 1. The van der Waals surface area contributed by atoms with E-state index in [2.05, 4.69) is 15.5 Å². The smallest absolute Gasteiger partial charge is 0.344 e. The van der Waals surface area contributed by atoms with Crippen molar-refractivity contribution in [2.24, 2.45) is 0 Å². The summed E-state index contributed by atoms with van der Waals surface area (Å²) in [5.41, 5.74) is -0.218. The average Bonchev–Trinajstić information content (AvgIpc) is 3.22. The quantitative estimate of drug-likeness (QED) is 0.776. The molecule has 0 atom stereocenters. The van der Waals surface area contributed by atoms with E-state index >= 15 is 0 Å². The second-order valence-electron chi connectivity index (χ2n) is 4.78. The monoisotopic (exact) mass is 353 g/mol. The molecule has 5 nitrogen and oxygen atoms in total. The molecule has 0 saturated carbocycles. The molecule has 0 bridgehead atoms. The molecule has 2 aromatic heterocycles. The van der Waals surface area contributed by atoms with E-state index in [1.165, 1.54) is 23.5 Å². The van der Waals surface area contributed by atoms with Gasteiger partial charge in [-0.05, 0) is 29.1 Å². The summed E-state index contributed by atoms with van der Waals surface area (Å²) in [6.45, 7) is 0.0493. The third kappa shape index (κ3) is 3.62. The first-order chi connectivity index (χ1) is 11.4. The summed E-state index contributed by atoms with van der Waals surface area (Å²) in [4.78, 5) is 16.7. The van der Waals surface area contributed by atoms with Gasteiger partial charge in [0.2, 0.25) is 5.82 Å². The maximum Gasteiger partial charge on any atom is 0.416 e. The van der Waals surface area contributed by atoms with E-state index < -0.39 is 17.6 Å². The predicted molar refractivity (Wildman–Crippen MR) is 80.2 cm³/mol. The van der Waals surface area contributed by atoms with Crippen LogP contribution in [0.5, 0.6) is 0 Å². The molecule has 0 unspecified atom stereocenters. The zero-order valence-corrected chi connectivity index (χ0v) is 12.8. The number of halogens is 3. The molecular weight excluding hydrogens is 343 g/mol. The maximum absolute atomic E-state index is 12.5. The molecule has 1 N–H and O–H groups in total. The Hall–Kier alpha value is -2.68. The number of thiophene rings is 1.